The molecule has 3 rings (SSSR count). The zero-order valence-electron chi connectivity index (χ0n) is 18.7. The highest BCUT2D eigenvalue weighted by Gasteiger charge is 2.17. The first-order valence-corrected chi connectivity index (χ1v) is 11.5. The van der Waals surface area contributed by atoms with Crippen molar-refractivity contribution < 1.29 is 5.11 Å². The predicted molar refractivity (Wildman–Crippen MR) is 128 cm³/mol. The molecule has 0 heterocycles. The number of aryl methyl sites for hydroxylation is 1. The van der Waals surface area contributed by atoms with Crippen molar-refractivity contribution in [1.82, 2.24) is 0 Å². The predicted octanol–water partition coefficient (Wildman–Crippen LogP) is 8.34. The maximum Gasteiger partial charge on any atom is 0.115 e. The number of phenolic OH excluding ortho intramolecular Hbond substituents is 1. The molecule has 3 atom stereocenters. The van der Waals surface area contributed by atoms with Gasteiger partial charge < -0.3 is 5.11 Å². The minimum absolute atomic E-state index is 0.343. The minimum atomic E-state index is 0.343. The van der Waals surface area contributed by atoms with E-state index in [2.05, 4.69) is 87.5 Å². The molecule has 3 aromatic carbocycles. The van der Waals surface area contributed by atoms with Gasteiger partial charge in [-0.3, -0.25) is 0 Å². The Morgan fingerprint density at radius 3 is 1.80 bits per heavy atom. The van der Waals surface area contributed by atoms with Gasteiger partial charge in [-0.15, -0.1) is 0 Å². The van der Waals surface area contributed by atoms with Gasteiger partial charge in [0, 0.05) is 0 Å². The van der Waals surface area contributed by atoms with E-state index in [1.165, 1.54) is 47.9 Å². The minimum Gasteiger partial charge on any atom is -0.508 e. The van der Waals surface area contributed by atoms with Crippen molar-refractivity contribution in [3.05, 3.63) is 101 Å². The van der Waals surface area contributed by atoms with Crippen LogP contribution in [0.1, 0.15) is 86.0 Å². The first-order valence-electron chi connectivity index (χ1n) is 11.5. The van der Waals surface area contributed by atoms with Crippen LogP contribution in [0.3, 0.4) is 0 Å². The highest BCUT2D eigenvalue weighted by atomic mass is 16.3. The zero-order valence-corrected chi connectivity index (χ0v) is 18.7. The van der Waals surface area contributed by atoms with E-state index in [-0.39, 0.29) is 0 Å². The lowest BCUT2D eigenvalue weighted by Crippen LogP contribution is -2.06. The fourth-order valence-corrected chi connectivity index (χ4v) is 4.47. The molecule has 0 spiro atoms. The Morgan fingerprint density at radius 2 is 1.17 bits per heavy atom. The second-order valence-corrected chi connectivity index (χ2v) is 8.77. The van der Waals surface area contributed by atoms with E-state index in [1.807, 2.05) is 0 Å². The van der Waals surface area contributed by atoms with Crippen LogP contribution in [0.2, 0.25) is 0 Å². The van der Waals surface area contributed by atoms with Crippen molar-refractivity contribution in [2.45, 2.75) is 70.6 Å². The van der Waals surface area contributed by atoms with Crippen LogP contribution < -0.4 is 0 Å². The van der Waals surface area contributed by atoms with Crippen LogP contribution in [0.5, 0.6) is 5.75 Å². The maximum atomic E-state index is 9.57. The fraction of sp³-hybridized carbons (Fsp3) is 0.379. The molecule has 0 fully saturated rings. The molecule has 158 valence electrons. The van der Waals surface area contributed by atoms with Gasteiger partial charge in [-0.05, 0) is 85.6 Å². The smallest absolute Gasteiger partial charge is 0.115 e. The van der Waals surface area contributed by atoms with Gasteiger partial charge in [0.1, 0.15) is 5.75 Å². The van der Waals surface area contributed by atoms with Crippen LogP contribution in [0.25, 0.3) is 0 Å². The average molecular weight is 401 g/mol. The van der Waals surface area contributed by atoms with Gasteiger partial charge in [0.15, 0.2) is 0 Å². The SMILES string of the molecule is CCC(CCC(CCC(C)c1ccc(O)cc1)c1ccc(C)cc1)c1ccccc1. The van der Waals surface area contributed by atoms with Crippen molar-refractivity contribution in [2.24, 2.45) is 0 Å². The van der Waals surface area contributed by atoms with Gasteiger partial charge in [0.05, 0.1) is 0 Å². The van der Waals surface area contributed by atoms with Crippen molar-refractivity contribution in [3.63, 3.8) is 0 Å². The number of rotatable bonds is 10. The summed E-state index contributed by atoms with van der Waals surface area (Å²) in [5, 5.41) is 9.57. The summed E-state index contributed by atoms with van der Waals surface area (Å²) in [4.78, 5) is 0. The molecule has 0 amide bonds. The maximum absolute atomic E-state index is 9.57. The number of hydrogen-bond acceptors (Lipinski definition) is 1. The Bertz CT molecular complexity index is 865. The van der Waals surface area contributed by atoms with Crippen LogP contribution in [0.15, 0.2) is 78.9 Å². The Kier molecular flexibility index (Phi) is 8.13. The van der Waals surface area contributed by atoms with Gasteiger partial charge in [-0.25, -0.2) is 0 Å². The van der Waals surface area contributed by atoms with Gasteiger partial charge >= 0.3 is 0 Å². The quantitative estimate of drug-likeness (QED) is 0.362. The van der Waals surface area contributed by atoms with Crippen molar-refractivity contribution in [3.8, 4) is 5.75 Å². The van der Waals surface area contributed by atoms with E-state index in [0.717, 1.165) is 6.42 Å². The summed E-state index contributed by atoms with van der Waals surface area (Å²) >= 11 is 0. The third-order valence-electron chi connectivity index (χ3n) is 6.59. The van der Waals surface area contributed by atoms with Crippen LogP contribution >= 0.6 is 0 Å². The van der Waals surface area contributed by atoms with Crippen molar-refractivity contribution in [1.29, 1.82) is 0 Å². The summed E-state index contributed by atoms with van der Waals surface area (Å²) in [5.74, 6) is 2.06. The summed E-state index contributed by atoms with van der Waals surface area (Å²) in [7, 11) is 0. The van der Waals surface area contributed by atoms with Crippen LogP contribution in [0, 0.1) is 6.92 Å². The number of hydrogen-bond donors (Lipinski definition) is 1. The van der Waals surface area contributed by atoms with E-state index in [0.29, 0.717) is 23.5 Å². The lowest BCUT2D eigenvalue weighted by atomic mass is 9.82. The third kappa shape index (κ3) is 6.23. The molecule has 0 aliphatic heterocycles. The Labute approximate surface area is 182 Å². The highest BCUT2D eigenvalue weighted by Crippen LogP contribution is 2.35. The zero-order chi connectivity index (χ0) is 21.3. The summed E-state index contributed by atoms with van der Waals surface area (Å²) in [6.07, 6.45) is 5.99. The molecule has 0 saturated carbocycles. The number of phenols is 1. The van der Waals surface area contributed by atoms with Crippen molar-refractivity contribution >= 4 is 0 Å². The molecule has 0 aromatic heterocycles. The Morgan fingerprint density at radius 1 is 0.633 bits per heavy atom. The summed E-state index contributed by atoms with van der Waals surface area (Å²) < 4.78 is 0. The van der Waals surface area contributed by atoms with Gasteiger partial charge in [-0.1, -0.05) is 86.1 Å². The van der Waals surface area contributed by atoms with Crippen LogP contribution in [0.4, 0.5) is 0 Å². The van der Waals surface area contributed by atoms with Gasteiger partial charge in [0.25, 0.3) is 0 Å². The first-order chi connectivity index (χ1) is 14.6. The van der Waals surface area contributed by atoms with Crippen LogP contribution in [-0.2, 0) is 0 Å². The third-order valence-corrected chi connectivity index (χ3v) is 6.59. The largest absolute Gasteiger partial charge is 0.508 e. The van der Waals surface area contributed by atoms with E-state index < -0.39 is 0 Å². The molecule has 0 aliphatic rings. The van der Waals surface area contributed by atoms with E-state index >= 15 is 0 Å². The number of benzene rings is 3. The molecule has 0 radical (unpaired) electrons. The lowest BCUT2D eigenvalue weighted by molar-refractivity contribution is 0.468. The standard InChI is InChI=1S/C29H36O/c1-4-24(26-8-6-5-7-9-26)16-17-28(27-13-10-22(2)11-14-27)15-12-23(3)25-18-20-29(30)21-19-25/h5-11,13-14,18-21,23-24,28,30H,4,12,15-17H2,1-3H3. The molecule has 3 unspecified atom stereocenters. The molecular formula is C29H36O. The highest BCUT2D eigenvalue weighted by molar-refractivity contribution is 5.28. The number of aromatic hydroxyl groups is 1. The lowest BCUT2D eigenvalue weighted by Gasteiger charge is -2.23. The average Bonchev–Trinajstić information content (AvgIpc) is 2.78. The Balaban J connectivity index is 1.68. The summed E-state index contributed by atoms with van der Waals surface area (Å²) in [6, 6.07) is 27.9. The van der Waals surface area contributed by atoms with Gasteiger partial charge in [-0.2, -0.15) is 0 Å². The Hall–Kier alpha value is -2.54. The van der Waals surface area contributed by atoms with E-state index in [9.17, 15) is 5.11 Å². The summed E-state index contributed by atoms with van der Waals surface area (Å²) in [5.41, 5.74) is 5.58. The molecule has 0 bridgehead atoms. The molecule has 30 heavy (non-hydrogen) atoms. The molecule has 1 nitrogen and oxygen atoms in total. The monoisotopic (exact) mass is 400 g/mol. The van der Waals surface area contributed by atoms with E-state index in [4.69, 9.17) is 0 Å². The molecule has 1 N–H and O–H groups in total. The van der Waals surface area contributed by atoms with Gasteiger partial charge in [0.2, 0.25) is 0 Å². The molecule has 0 aliphatic carbocycles. The molecule has 0 saturated heterocycles. The normalized spacial score (nSPS) is 14.2. The van der Waals surface area contributed by atoms with E-state index in [1.54, 1.807) is 12.1 Å². The first kappa shape index (κ1) is 22.2. The molecular weight excluding hydrogens is 364 g/mol. The van der Waals surface area contributed by atoms with Crippen LogP contribution in [-0.4, -0.2) is 5.11 Å². The summed E-state index contributed by atoms with van der Waals surface area (Å²) in [6.45, 7) is 6.77. The fourth-order valence-electron chi connectivity index (χ4n) is 4.47. The second kappa shape index (κ2) is 11.0. The topological polar surface area (TPSA) is 20.2 Å². The molecule has 3 aromatic rings. The molecule has 1 heteroatoms. The van der Waals surface area contributed by atoms with Crippen molar-refractivity contribution in [2.75, 3.05) is 0 Å². The second-order valence-electron chi connectivity index (χ2n) is 8.77.